The van der Waals surface area contributed by atoms with Gasteiger partial charge in [0.25, 0.3) is 0 Å². The average molecular weight is 451 g/mol. The Labute approximate surface area is 185 Å². The Morgan fingerprint density at radius 1 is 1.16 bits per heavy atom. The number of para-hydroxylation sites is 1. The molecule has 174 valence electrons. The van der Waals surface area contributed by atoms with Gasteiger partial charge in [0.05, 0.1) is 5.69 Å². The highest BCUT2D eigenvalue weighted by atomic mass is 19.4. The number of carbonyl (C=O) groups is 1. The number of rotatable bonds is 8. The van der Waals surface area contributed by atoms with Gasteiger partial charge in [-0.05, 0) is 51.9 Å². The quantitative estimate of drug-likeness (QED) is 0.637. The SMILES string of the molecule is CN(C)Cc1ccnc(NC2CCC(C(=O)NCc3ccccc3OC(F)(F)F)CC2)n1. The van der Waals surface area contributed by atoms with E-state index in [2.05, 4.69) is 25.3 Å². The number of carbonyl (C=O) groups excluding carboxylic acids is 1. The maximum Gasteiger partial charge on any atom is 0.573 e. The Kier molecular flexibility index (Phi) is 7.89. The molecule has 0 radical (unpaired) electrons. The number of nitrogens with one attached hydrogen (secondary N) is 2. The third kappa shape index (κ3) is 7.37. The van der Waals surface area contributed by atoms with Gasteiger partial charge >= 0.3 is 6.36 Å². The molecule has 0 spiro atoms. The zero-order chi connectivity index (χ0) is 23.1. The van der Waals surface area contributed by atoms with Gasteiger partial charge in [0.1, 0.15) is 5.75 Å². The van der Waals surface area contributed by atoms with Gasteiger partial charge in [0.2, 0.25) is 11.9 Å². The van der Waals surface area contributed by atoms with E-state index in [1.807, 2.05) is 25.1 Å². The molecule has 2 aromatic rings. The Bertz CT molecular complexity index is 899. The first-order valence-electron chi connectivity index (χ1n) is 10.5. The van der Waals surface area contributed by atoms with Crippen molar-refractivity contribution in [3.8, 4) is 5.75 Å². The fraction of sp³-hybridized carbons (Fsp3) is 0.500. The summed E-state index contributed by atoms with van der Waals surface area (Å²) >= 11 is 0. The van der Waals surface area contributed by atoms with Gasteiger partial charge in [-0.2, -0.15) is 0 Å². The molecule has 1 heterocycles. The molecule has 0 saturated heterocycles. The fourth-order valence-electron chi connectivity index (χ4n) is 3.76. The summed E-state index contributed by atoms with van der Waals surface area (Å²) in [5.74, 6) is -0.0533. The molecule has 10 heteroatoms. The smallest absolute Gasteiger partial charge is 0.405 e. The van der Waals surface area contributed by atoms with Crippen molar-refractivity contribution in [2.45, 2.75) is 51.2 Å². The molecule has 32 heavy (non-hydrogen) atoms. The first kappa shape index (κ1) is 23.8. The molecule has 1 amide bonds. The lowest BCUT2D eigenvalue weighted by Crippen LogP contribution is -2.36. The summed E-state index contributed by atoms with van der Waals surface area (Å²) in [5, 5.41) is 6.09. The summed E-state index contributed by atoms with van der Waals surface area (Å²) < 4.78 is 41.7. The van der Waals surface area contributed by atoms with Crippen molar-refractivity contribution >= 4 is 11.9 Å². The van der Waals surface area contributed by atoms with Crippen LogP contribution in [0.15, 0.2) is 36.5 Å². The second kappa shape index (κ2) is 10.6. The molecule has 1 saturated carbocycles. The zero-order valence-electron chi connectivity index (χ0n) is 18.2. The average Bonchev–Trinajstić information content (AvgIpc) is 2.72. The van der Waals surface area contributed by atoms with E-state index in [0.717, 1.165) is 25.1 Å². The predicted octanol–water partition coefficient (Wildman–Crippen LogP) is 3.72. The Morgan fingerprint density at radius 2 is 1.88 bits per heavy atom. The van der Waals surface area contributed by atoms with Crippen LogP contribution in [-0.4, -0.2) is 47.3 Å². The van der Waals surface area contributed by atoms with Crippen LogP contribution in [0.1, 0.15) is 36.9 Å². The largest absolute Gasteiger partial charge is 0.573 e. The van der Waals surface area contributed by atoms with E-state index in [4.69, 9.17) is 0 Å². The lowest BCUT2D eigenvalue weighted by Gasteiger charge is -2.28. The molecule has 1 fully saturated rings. The van der Waals surface area contributed by atoms with Gasteiger partial charge in [0.15, 0.2) is 0 Å². The van der Waals surface area contributed by atoms with Crippen molar-refractivity contribution in [1.82, 2.24) is 20.2 Å². The Morgan fingerprint density at radius 3 is 2.56 bits per heavy atom. The number of alkyl halides is 3. The number of hydrogen-bond donors (Lipinski definition) is 2. The minimum atomic E-state index is -4.78. The number of benzene rings is 1. The maximum absolute atomic E-state index is 12.6. The van der Waals surface area contributed by atoms with Crippen LogP contribution in [0.2, 0.25) is 0 Å². The molecule has 3 rings (SSSR count). The topological polar surface area (TPSA) is 79.4 Å². The van der Waals surface area contributed by atoms with E-state index in [-0.39, 0.29) is 35.7 Å². The fourth-order valence-corrected chi connectivity index (χ4v) is 3.76. The summed E-state index contributed by atoms with van der Waals surface area (Å²) in [4.78, 5) is 23.4. The number of hydrogen-bond acceptors (Lipinski definition) is 6. The standard InChI is InChI=1S/C22H28F3N5O2/c1-30(2)14-18-11-12-26-21(29-18)28-17-9-7-15(8-10-17)20(31)27-13-16-5-3-4-6-19(16)32-22(23,24)25/h3-6,11-12,15,17H,7-10,13-14H2,1-2H3,(H,27,31)(H,26,28,29). The van der Waals surface area contributed by atoms with Crippen LogP contribution >= 0.6 is 0 Å². The van der Waals surface area contributed by atoms with E-state index in [9.17, 15) is 18.0 Å². The van der Waals surface area contributed by atoms with Gasteiger partial charge in [-0.1, -0.05) is 18.2 Å². The number of amides is 1. The van der Waals surface area contributed by atoms with Crippen molar-refractivity contribution in [3.05, 3.63) is 47.8 Å². The number of halogens is 3. The van der Waals surface area contributed by atoms with Crippen molar-refractivity contribution in [3.63, 3.8) is 0 Å². The number of aromatic nitrogens is 2. The highest BCUT2D eigenvalue weighted by Crippen LogP contribution is 2.28. The lowest BCUT2D eigenvalue weighted by molar-refractivity contribution is -0.274. The number of ether oxygens (including phenoxy) is 1. The molecule has 1 aliphatic carbocycles. The summed E-state index contributed by atoms with van der Waals surface area (Å²) in [6.07, 6.45) is -0.113. The highest BCUT2D eigenvalue weighted by Gasteiger charge is 2.32. The first-order valence-corrected chi connectivity index (χ1v) is 10.5. The van der Waals surface area contributed by atoms with Crippen molar-refractivity contribution in [2.24, 2.45) is 5.92 Å². The third-order valence-corrected chi connectivity index (χ3v) is 5.27. The van der Waals surface area contributed by atoms with Crippen molar-refractivity contribution < 1.29 is 22.7 Å². The molecule has 0 bridgehead atoms. The Hall–Kier alpha value is -2.88. The van der Waals surface area contributed by atoms with Gasteiger partial charge in [-0.25, -0.2) is 9.97 Å². The van der Waals surface area contributed by atoms with Crippen LogP contribution in [0.25, 0.3) is 0 Å². The van der Waals surface area contributed by atoms with E-state index >= 15 is 0 Å². The first-order chi connectivity index (χ1) is 15.2. The minimum Gasteiger partial charge on any atom is -0.405 e. The van der Waals surface area contributed by atoms with Crippen molar-refractivity contribution in [1.29, 1.82) is 0 Å². The number of nitrogens with zero attached hydrogens (tertiary/aromatic N) is 3. The van der Waals surface area contributed by atoms with Crippen LogP contribution in [0.5, 0.6) is 5.75 Å². The lowest BCUT2D eigenvalue weighted by atomic mass is 9.85. The summed E-state index contributed by atoms with van der Waals surface area (Å²) in [6.45, 7) is 0.705. The van der Waals surface area contributed by atoms with E-state index in [1.165, 1.54) is 18.2 Å². The molecule has 0 aliphatic heterocycles. The summed E-state index contributed by atoms with van der Waals surface area (Å²) in [5.41, 5.74) is 1.21. The van der Waals surface area contributed by atoms with Gasteiger partial charge in [-0.3, -0.25) is 4.79 Å². The third-order valence-electron chi connectivity index (χ3n) is 5.27. The monoisotopic (exact) mass is 451 g/mol. The highest BCUT2D eigenvalue weighted by molar-refractivity contribution is 5.78. The predicted molar refractivity (Wildman–Crippen MR) is 114 cm³/mol. The van der Waals surface area contributed by atoms with Crippen LogP contribution in [0, 0.1) is 5.92 Å². The molecular weight excluding hydrogens is 423 g/mol. The molecule has 1 aliphatic rings. The van der Waals surface area contributed by atoms with Crippen LogP contribution in [0.3, 0.4) is 0 Å². The number of anilines is 1. The van der Waals surface area contributed by atoms with Crippen LogP contribution in [0.4, 0.5) is 19.1 Å². The van der Waals surface area contributed by atoms with Crippen LogP contribution < -0.4 is 15.4 Å². The second-order valence-electron chi connectivity index (χ2n) is 8.18. The van der Waals surface area contributed by atoms with Crippen LogP contribution in [-0.2, 0) is 17.9 Å². The molecule has 0 unspecified atom stereocenters. The van der Waals surface area contributed by atoms with E-state index in [0.29, 0.717) is 18.8 Å². The maximum atomic E-state index is 12.6. The zero-order valence-corrected chi connectivity index (χ0v) is 18.2. The van der Waals surface area contributed by atoms with Crippen molar-refractivity contribution in [2.75, 3.05) is 19.4 Å². The molecule has 7 nitrogen and oxygen atoms in total. The molecule has 1 aromatic carbocycles. The molecule has 1 aromatic heterocycles. The Balaban J connectivity index is 1.47. The second-order valence-corrected chi connectivity index (χ2v) is 8.18. The van der Waals surface area contributed by atoms with E-state index in [1.54, 1.807) is 12.3 Å². The molecule has 2 N–H and O–H groups in total. The van der Waals surface area contributed by atoms with Gasteiger partial charge in [0, 0.05) is 36.8 Å². The normalized spacial score (nSPS) is 18.9. The minimum absolute atomic E-state index is 0.0181. The van der Waals surface area contributed by atoms with E-state index < -0.39 is 6.36 Å². The summed E-state index contributed by atoms with van der Waals surface area (Å²) in [7, 11) is 3.95. The molecular formula is C22H28F3N5O2. The van der Waals surface area contributed by atoms with Gasteiger partial charge in [-0.15, -0.1) is 13.2 Å². The molecule has 0 atom stereocenters. The van der Waals surface area contributed by atoms with Gasteiger partial charge < -0.3 is 20.3 Å². The summed E-state index contributed by atoms with van der Waals surface area (Å²) in [6, 6.07) is 7.87.